The van der Waals surface area contributed by atoms with Crippen molar-refractivity contribution in [3.8, 4) is 0 Å². The van der Waals surface area contributed by atoms with Crippen LogP contribution >= 0.6 is 11.8 Å². The highest BCUT2D eigenvalue weighted by Crippen LogP contribution is 2.53. The molecule has 4 heteroatoms. The van der Waals surface area contributed by atoms with Crippen LogP contribution < -0.4 is 0 Å². The highest BCUT2D eigenvalue weighted by Gasteiger charge is 2.46. The molecule has 0 aromatic carbocycles. The molecule has 3 aliphatic rings. The second-order valence-corrected chi connectivity index (χ2v) is 8.21. The van der Waals surface area contributed by atoms with Gasteiger partial charge >= 0.3 is 5.97 Å². The number of thioether (sulfide) groups is 1. The highest BCUT2D eigenvalue weighted by atomic mass is 32.2. The summed E-state index contributed by atoms with van der Waals surface area (Å²) in [6.07, 6.45) is 10.6. The van der Waals surface area contributed by atoms with Gasteiger partial charge in [-0.05, 0) is 49.7 Å². The molecule has 1 spiro atoms. The summed E-state index contributed by atoms with van der Waals surface area (Å²) < 4.78 is 10.9. The van der Waals surface area contributed by atoms with Crippen LogP contribution in [0.5, 0.6) is 0 Å². The third-order valence-corrected chi connectivity index (χ3v) is 6.94. The molecule has 1 heterocycles. The third kappa shape index (κ3) is 3.33. The minimum atomic E-state index is -0.0395. The first kappa shape index (κ1) is 14.7. The molecule has 1 atom stereocenters. The van der Waals surface area contributed by atoms with Crippen molar-refractivity contribution >= 4 is 17.7 Å². The molecule has 0 amide bonds. The summed E-state index contributed by atoms with van der Waals surface area (Å²) in [6.45, 7) is 0.932. The number of carbonyl (C=O) groups is 1. The standard InChI is InChI=1S/C16H26O3S/c1-18-14(17)11-15(7-8-15)12-20-13-4-9-19-16(10-13)5-2-3-6-16/h13H,2-12H2,1H3. The third-order valence-electron chi connectivity index (χ3n) is 5.29. The molecular weight excluding hydrogens is 272 g/mol. The molecule has 2 saturated carbocycles. The van der Waals surface area contributed by atoms with Crippen LogP contribution in [0.3, 0.4) is 0 Å². The average Bonchev–Trinajstić information content (AvgIpc) is 3.09. The van der Waals surface area contributed by atoms with Gasteiger partial charge in [-0.15, -0.1) is 0 Å². The van der Waals surface area contributed by atoms with E-state index in [0.717, 1.165) is 17.6 Å². The van der Waals surface area contributed by atoms with Gasteiger partial charge in [0.15, 0.2) is 0 Å². The fraction of sp³-hybridized carbons (Fsp3) is 0.938. The Hall–Kier alpha value is -0.220. The zero-order valence-electron chi connectivity index (χ0n) is 12.5. The number of ether oxygens (including phenoxy) is 2. The lowest BCUT2D eigenvalue weighted by Crippen LogP contribution is -2.38. The molecule has 114 valence electrons. The lowest BCUT2D eigenvalue weighted by molar-refractivity contribution is -0.141. The van der Waals surface area contributed by atoms with Gasteiger partial charge in [-0.2, -0.15) is 11.8 Å². The Labute approximate surface area is 126 Å². The molecule has 2 aliphatic carbocycles. The van der Waals surface area contributed by atoms with E-state index in [1.807, 2.05) is 0 Å². The predicted molar refractivity (Wildman–Crippen MR) is 80.9 cm³/mol. The largest absolute Gasteiger partial charge is 0.469 e. The maximum absolute atomic E-state index is 11.5. The van der Waals surface area contributed by atoms with Gasteiger partial charge in [0.1, 0.15) is 0 Å². The summed E-state index contributed by atoms with van der Waals surface area (Å²) in [4.78, 5) is 11.5. The molecule has 0 N–H and O–H groups in total. The van der Waals surface area contributed by atoms with Gasteiger partial charge in [0, 0.05) is 11.9 Å². The van der Waals surface area contributed by atoms with Gasteiger partial charge in [-0.1, -0.05) is 12.8 Å². The smallest absolute Gasteiger partial charge is 0.306 e. The van der Waals surface area contributed by atoms with E-state index in [-0.39, 0.29) is 17.0 Å². The van der Waals surface area contributed by atoms with Crippen LogP contribution in [-0.2, 0) is 14.3 Å². The molecule has 0 aromatic heterocycles. The molecule has 20 heavy (non-hydrogen) atoms. The number of hydrogen-bond donors (Lipinski definition) is 0. The monoisotopic (exact) mass is 298 g/mol. The lowest BCUT2D eigenvalue weighted by atomic mass is 9.92. The number of esters is 1. The summed E-state index contributed by atoms with van der Waals surface area (Å²) in [5.74, 6) is 1.09. The zero-order valence-corrected chi connectivity index (χ0v) is 13.3. The number of rotatable bonds is 5. The van der Waals surface area contributed by atoms with Gasteiger partial charge in [0.2, 0.25) is 0 Å². The molecule has 1 saturated heterocycles. The fourth-order valence-corrected chi connectivity index (χ4v) is 5.38. The normalized spacial score (nSPS) is 30.4. The zero-order chi connectivity index (χ0) is 14.1. The van der Waals surface area contributed by atoms with Gasteiger partial charge in [-0.25, -0.2) is 0 Å². The van der Waals surface area contributed by atoms with Gasteiger partial charge in [0.25, 0.3) is 0 Å². The van der Waals surface area contributed by atoms with E-state index < -0.39 is 0 Å². The molecule has 1 unspecified atom stereocenters. The Balaban J connectivity index is 1.47. The Morgan fingerprint density at radius 2 is 2.05 bits per heavy atom. The van der Waals surface area contributed by atoms with Crippen molar-refractivity contribution in [2.24, 2.45) is 5.41 Å². The summed E-state index contributed by atoms with van der Waals surface area (Å²) in [7, 11) is 1.49. The van der Waals surface area contributed by atoms with Crippen molar-refractivity contribution in [1.82, 2.24) is 0 Å². The lowest BCUT2D eigenvalue weighted by Gasteiger charge is -2.38. The van der Waals surface area contributed by atoms with Gasteiger partial charge < -0.3 is 9.47 Å². The number of methoxy groups -OCH3 is 1. The second-order valence-electron chi connectivity index (χ2n) is 6.92. The van der Waals surface area contributed by atoms with Crippen molar-refractivity contribution < 1.29 is 14.3 Å². The van der Waals surface area contributed by atoms with Crippen LogP contribution in [0.2, 0.25) is 0 Å². The predicted octanol–water partition coefficient (Wildman–Crippen LogP) is 3.55. The first-order chi connectivity index (χ1) is 9.65. The van der Waals surface area contributed by atoms with Crippen molar-refractivity contribution in [2.75, 3.05) is 19.5 Å². The first-order valence-electron chi connectivity index (χ1n) is 7.98. The van der Waals surface area contributed by atoms with Crippen molar-refractivity contribution in [3.63, 3.8) is 0 Å². The molecule has 1 aliphatic heterocycles. The van der Waals surface area contributed by atoms with Crippen LogP contribution in [-0.4, -0.2) is 36.3 Å². The van der Waals surface area contributed by atoms with E-state index >= 15 is 0 Å². The van der Waals surface area contributed by atoms with Crippen LogP contribution in [0.15, 0.2) is 0 Å². The van der Waals surface area contributed by atoms with E-state index in [1.54, 1.807) is 0 Å². The van der Waals surface area contributed by atoms with Gasteiger partial charge in [0.05, 0.1) is 19.1 Å². The van der Waals surface area contributed by atoms with E-state index in [0.29, 0.717) is 6.42 Å². The summed E-state index contributed by atoms with van der Waals surface area (Å²) in [6, 6.07) is 0. The molecule has 0 bridgehead atoms. The molecule has 3 fully saturated rings. The maximum atomic E-state index is 11.5. The Morgan fingerprint density at radius 1 is 1.30 bits per heavy atom. The van der Waals surface area contributed by atoms with E-state index in [4.69, 9.17) is 9.47 Å². The van der Waals surface area contributed by atoms with E-state index in [2.05, 4.69) is 11.8 Å². The molecule has 3 rings (SSSR count). The highest BCUT2D eigenvalue weighted by molar-refractivity contribution is 7.99. The van der Waals surface area contributed by atoms with Crippen LogP contribution in [0, 0.1) is 5.41 Å². The molecule has 0 aromatic rings. The van der Waals surface area contributed by atoms with E-state index in [1.165, 1.54) is 58.5 Å². The quantitative estimate of drug-likeness (QED) is 0.727. The Morgan fingerprint density at radius 3 is 2.70 bits per heavy atom. The topological polar surface area (TPSA) is 35.5 Å². The fourth-order valence-electron chi connectivity index (χ4n) is 3.71. The molecular formula is C16H26O3S. The van der Waals surface area contributed by atoms with Crippen molar-refractivity contribution in [1.29, 1.82) is 0 Å². The van der Waals surface area contributed by atoms with E-state index in [9.17, 15) is 4.79 Å². The summed E-state index contributed by atoms with van der Waals surface area (Å²) >= 11 is 2.09. The van der Waals surface area contributed by atoms with Crippen LogP contribution in [0.25, 0.3) is 0 Å². The Bertz CT molecular complexity index is 359. The van der Waals surface area contributed by atoms with Crippen molar-refractivity contribution in [3.05, 3.63) is 0 Å². The average molecular weight is 298 g/mol. The minimum absolute atomic E-state index is 0.0395. The molecule has 3 nitrogen and oxygen atoms in total. The van der Waals surface area contributed by atoms with Crippen molar-refractivity contribution in [2.45, 2.75) is 68.6 Å². The number of hydrogen-bond acceptors (Lipinski definition) is 4. The number of carbonyl (C=O) groups excluding carboxylic acids is 1. The van der Waals surface area contributed by atoms with Gasteiger partial charge in [-0.3, -0.25) is 4.79 Å². The SMILES string of the molecule is COC(=O)CC1(CSC2CCOC3(CCCC3)C2)CC1. The summed E-state index contributed by atoms with van der Waals surface area (Å²) in [5.41, 5.74) is 0.480. The minimum Gasteiger partial charge on any atom is -0.469 e. The maximum Gasteiger partial charge on any atom is 0.306 e. The van der Waals surface area contributed by atoms with Crippen LogP contribution in [0.4, 0.5) is 0 Å². The second kappa shape index (κ2) is 5.88. The Kier molecular flexibility index (Phi) is 4.32. The first-order valence-corrected chi connectivity index (χ1v) is 9.03. The summed E-state index contributed by atoms with van der Waals surface area (Å²) in [5, 5.41) is 0.733. The van der Waals surface area contributed by atoms with Crippen LogP contribution in [0.1, 0.15) is 57.8 Å². The molecule has 0 radical (unpaired) electrons.